The molecule has 134 valence electrons. The number of rotatable bonds is 2. The SMILES string of the molecule is Cc1ccc([C@H]2C[C@H](S(N)(=O)=O)CN(C(=O)OC(C)(C)C)C2)cc1. The number of carbonyl (C=O) groups excluding carboxylic acids is 1. The number of aryl methyl sites for hydroxylation is 1. The number of hydrogen-bond acceptors (Lipinski definition) is 4. The van der Waals surface area contributed by atoms with Gasteiger partial charge in [-0.3, -0.25) is 0 Å². The summed E-state index contributed by atoms with van der Waals surface area (Å²) in [6.45, 7) is 7.82. The van der Waals surface area contributed by atoms with Crippen molar-refractivity contribution in [1.29, 1.82) is 0 Å². The molecule has 1 amide bonds. The van der Waals surface area contributed by atoms with Crippen LogP contribution in [0.15, 0.2) is 24.3 Å². The van der Waals surface area contributed by atoms with Crippen molar-refractivity contribution in [3.63, 3.8) is 0 Å². The first-order chi connectivity index (χ1) is 11.0. The molecule has 2 N–H and O–H groups in total. The average Bonchev–Trinajstić information content (AvgIpc) is 2.45. The highest BCUT2D eigenvalue weighted by Crippen LogP contribution is 2.30. The van der Waals surface area contributed by atoms with Crippen molar-refractivity contribution in [1.82, 2.24) is 4.90 Å². The van der Waals surface area contributed by atoms with E-state index < -0.39 is 27.0 Å². The molecule has 1 aromatic rings. The summed E-state index contributed by atoms with van der Waals surface area (Å²) >= 11 is 0. The predicted octanol–water partition coefficient (Wildman–Crippen LogP) is 2.38. The zero-order chi connectivity index (χ0) is 18.1. The molecule has 0 unspecified atom stereocenters. The van der Waals surface area contributed by atoms with Gasteiger partial charge in [0, 0.05) is 19.0 Å². The van der Waals surface area contributed by atoms with Crippen LogP contribution in [0.25, 0.3) is 0 Å². The topological polar surface area (TPSA) is 89.7 Å². The molecule has 1 saturated heterocycles. The molecule has 1 aromatic carbocycles. The van der Waals surface area contributed by atoms with Crippen LogP contribution in [-0.2, 0) is 14.8 Å². The molecular weight excluding hydrogens is 328 g/mol. The van der Waals surface area contributed by atoms with Crippen LogP contribution in [0.2, 0.25) is 0 Å². The minimum atomic E-state index is -3.73. The summed E-state index contributed by atoms with van der Waals surface area (Å²) in [5.41, 5.74) is 1.49. The van der Waals surface area contributed by atoms with E-state index in [4.69, 9.17) is 9.88 Å². The van der Waals surface area contributed by atoms with Crippen molar-refractivity contribution in [3.8, 4) is 0 Å². The summed E-state index contributed by atoms with van der Waals surface area (Å²) in [5.74, 6) is -0.0878. The lowest BCUT2D eigenvalue weighted by Crippen LogP contribution is -2.50. The average molecular weight is 354 g/mol. The van der Waals surface area contributed by atoms with E-state index in [0.29, 0.717) is 13.0 Å². The van der Waals surface area contributed by atoms with E-state index in [-0.39, 0.29) is 12.5 Å². The van der Waals surface area contributed by atoms with Crippen LogP contribution in [0, 0.1) is 6.92 Å². The standard InChI is InChI=1S/C17H26N2O4S/c1-12-5-7-13(8-6-12)14-9-15(24(18,21)22)11-19(10-14)16(20)23-17(2,3)4/h5-8,14-15H,9-11H2,1-4H3,(H2,18,21,22)/t14-,15-/m0/s1. The zero-order valence-electron chi connectivity index (χ0n) is 14.7. The highest BCUT2D eigenvalue weighted by molar-refractivity contribution is 7.89. The summed E-state index contributed by atoms with van der Waals surface area (Å²) in [4.78, 5) is 13.8. The highest BCUT2D eigenvalue weighted by atomic mass is 32.2. The Morgan fingerprint density at radius 1 is 1.21 bits per heavy atom. The molecule has 24 heavy (non-hydrogen) atoms. The van der Waals surface area contributed by atoms with E-state index in [1.165, 1.54) is 4.90 Å². The van der Waals surface area contributed by atoms with Crippen molar-refractivity contribution in [2.75, 3.05) is 13.1 Å². The molecule has 0 spiro atoms. The summed E-state index contributed by atoms with van der Waals surface area (Å²) in [7, 11) is -3.73. The largest absolute Gasteiger partial charge is 0.444 e. The Morgan fingerprint density at radius 2 is 1.79 bits per heavy atom. The normalized spacial score (nSPS) is 22.3. The number of hydrogen-bond donors (Lipinski definition) is 1. The maximum atomic E-state index is 12.4. The van der Waals surface area contributed by atoms with Crippen LogP contribution in [0.4, 0.5) is 4.79 Å². The molecule has 1 aliphatic rings. The van der Waals surface area contributed by atoms with Gasteiger partial charge in [-0.1, -0.05) is 29.8 Å². The van der Waals surface area contributed by atoms with Gasteiger partial charge in [0.2, 0.25) is 10.0 Å². The summed E-state index contributed by atoms with van der Waals surface area (Å²) in [6, 6.07) is 7.90. The number of benzene rings is 1. The fraction of sp³-hybridized carbons (Fsp3) is 0.588. The van der Waals surface area contributed by atoms with Gasteiger partial charge in [0.15, 0.2) is 0 Å². The van der Waals surface area contributed by atoms with E-state index in [2.05, 4.69) is 0 Å². The lowest BCUT2D eigenvalue weighted by Gasteiger charge is -2.37. The van der Waals surface area contributed by atoms with E-state index in [0.717, 1.165) is 11.1 Å². The van der Waals surface area contributed by atoms with Crippen LogP contribution < -0.4 is 5.14 Å². The number of ether oxygens (including phenoxy) is 1. The lowest BCUT2D eigenvalue weighted by molar-refractivity contribution is 0.0202. The third-order valence-electron chi connectivity index (χ3n) is 4.08. The molecule has 0 bridgehead atoms. The second-order valence-corrected chi connectivity index (χ2v) is 9.28. The molecule has 0 saturated carbocycles. The first-order valence-corrected chi connectivity index (χ1v) is 9.63. The Balaban J connectivity index is 2.26. The zero-order valence-corrected chi connectivity index (χ0v) is 15.5. The highest BCUT2D eigenvalue weighted by Gasteiger charge is 2.37. The molecular formula is C17H26N2O4S. The Kier molecular flexibility index (Phi) is 5.25. The van der Waals surface area contributed by atoms with Gasteiger partial charge in [-0.25, -0.2) is 18.4 Å². The molecule has 2 rings (SSSR count). The number of carbonyl (C=O) groups is 1. The van der Waals surface area contributed by atoms with Crippen LogP contribution in [0.3, 0.4) is 0 Å². The molecule has 1 aliphatic heterocycles. The maximum absolute atomic E-state index is 12.4. The number of nitrogens with two attached hydrogens (primary N) is 1. The van der Waals surface area contributed by atoms with Crippen molar-refractivity contribution >= 4 is 16.1 Å². The minimum absolute atomic E-state index is 0.0656. The van der Waals surface area contributed by atoms with Gasteiger partial charge in [0.25, 0.3) is 0 Å². The first kappa shape index (κ1) is 18.7. The second kappa shape index (κ2) is 6.72. The Labute approximate surface area is 144 Å². The molecule has 7 heteroatoms. The second-order valence-electron chi connectivity index (χ2n) is 7.44. The summed E-state index contributed by atoms with van der Waals surface area (Å²) in [6.07, 6.45) is -0.103. The summed E-state index contributed by atoms with van der Waals surface area (Å²) < 4.78 is 29.1. The predicted molar refractivity (Wildman–Crippen MR) is 93.2 cm³/mol. The number of piperidine rings is 1. The molecule has 1 heterocycles. The molecule has 6 nitrogen and oxygen atoms in total. The van der Waals surface area contributed by atoms with Gasteiger partial charge in [0.1, 0.15) is 5.60 Å². The Morgan fingerprint density at radius 3 is 2.29 bits per heavy atom. The number of nitrogens with zero attached hydrogens (tertiary/aromatic N) is 1. The third-order valence-corrected chi connectivity index (χ3v) is 5.35. The molecule has 0 aromatic heterocycles. The number of amides is 1. The lowest BCUT2D eigenvalue weighted by atomic mass is 9.90. The van der Waals surface area contributed by atoms with Crippen molar-refractivity contribution < 1.29 is 17.9 Å². The van der Waals surface area contributed by atoms with Gasteiger partial charge in [0.05, 0.1) is 5.25 Å². The Hall–Kier alpha value is -1.60. The number of sulfonamides is 1. The van der Waals surface area contributed by atoms with E-state index in [1.54, 1.807) is 20.8 Å². The smallest absolute Gasteiger partial charge is 0.410 e. The first-order valence-electron chi connectivity index (χ1n) is 8.02. The monoisotopic (exact) mass is 354 g/mol. The molecule has 1 fully saturated rings. The van der Waals surface area contributed by atoms with Gasteiger partial charge < -0.3 is 9.64 Å². The van der Waals surface area contributed by atoms with Crippen LogP contribution in [0.1, 0.15) is 44.2 Å². The Bertz CT molecular complexity index is 692. The fourth-order valence-electron chi connectivity index (χ4n) is 2.85. The number of likely N-dealkylation sites (tertiary alicyclic amines) is 1. The van der Waals surface area contributed by atoms with Gasteiger partial charge >= 0.3 is 6.09 Å². The van der Waals surface area contributed by atoms with Gasteiger partial charge in [-0.15, -0.1) is 0 Å². The third kappa shape index (κ3) is 4.95. The number of primary sulfonamides is 1. The molecule has 2 atom stereocenters. The van der Waals surface area contributed by atoms with Crippen molar-refractivity contribution in [3.05, 3.63) is 35.4 Å². The van der Waals surface area contributed by atoms with Gasteiger partial charge in [-0.05, 0) is 39.7 Å². The van der Waals surface area contributed by atoms with Crippen LogP contribution in [-0.4, -0.2) is 43.4 Å². The van der Waals surface area contributed by atoms with E-state index >= 15 is 0 Å². The summed E-state index contributed by atoms with van der Waals surface area (Å²) in [5, 5.41) is 4.57. The van der Waals surface area contributed by atoms with Crippen LogP contribution in [0.5, 0.6) is 0 Å². The van der Waals surface area contributed by atoms with E-state index in [9.17, 15) is 13.2 Å². The quantitative estimate of drug-likeness (QED) is 0.883. The van der Waals surface area contributed by atoms with Crippen molar-refractivity contribution in [2.45, 2.75) is 50.9 Å². The van der Waals surface area contributed by atoms with E-state index in [1.807, 2.05) is 31.2 Å². The van der Waals surface area contributed by atoms with Crippen molar-refractivity contribution in [2.24, 2.45) is 5.14 Å². The van der Waals surface area contributed by atoms with Gasteiger partial charge in [-0.2, -0.15) is 0 Å². The molecule has 0 aliphatic carbocycles. The van der Waals surface area contributed by atoms with Crippen LogP contribution >= 0.6 is 0 Å². The fourth-order valence-corrected chi connectivity index (χ4v) is 3.73. The molecule has 0 radical (unpaired) electrons. The maximum Gasteiger partial charge on any atom is 0.410 e. The minimum Gasteiger partial charge on any atom is -0.444 e.